The fourth-order valence-corrected chi connectivity index (χ4v) is 3.59. The molecular weight excluding hydrogens is 355 g/mol. The average Bonchev–Trinajstić information content (AvgIpc) is 2.13. The Morgan fingerprint density at radius 1 is 1.39 bits per heavy atom. The van der Waals surface area contributed by atoms with Crippen molar-refractivity contribution in [1.29, 1.82) is 0 Å². The van der Waals surface area contributed by atoms with Gasteiger partial charge >= 0.3 is 0 Å². The lowest BCUT2D eigenvalue weighted by atomic mass is 10.0. The first-order valence-corrected chi connectivity index (χ1v) is 10.6. The molecule has 0 spiro atoms. The molecule has 0 aliphatic rings. The van der Waals surface area contributed by atoms with E-state index in [9.17, 15) is 5.11 Å². The summed E-state index contributed by atoms with van der Waals surface area (Å²) in [5.41, 5.74) is 0. The van der Waals surface area contributed by atoms with Crippen molar-refractivity contribution in [3.63, 3.8) is 0 Å². The van der Waals surface area contributed by atoms with Gasteiger partial charge in [-0.2, -0.15) is 0 Å². The molecule has 1 N–H and O–H groups in total. The van der Waals surface area contributed by atoms with Crippen LogP contribution in [0.5, 0.6) is 0 Å². The van der Waals surface area contributed by atoms with Crippen molar-refractivity contribution in [1.82, 2.24) is 0 Å². The molecular formula is C14H29IO2Si. The van der Waals surface area contributed by atoms with Crippen molar-refractivity contribution < 1.29 is 9.53 Å². The van der Waals surface area contributed by atoms with Gasteiger partial charge in [0, 0.05) is 12.5 Å². The molecule has 18 heavy (non-hydrogen) atoms. The van der Waals surface area contributed by atoms with Gasteiger partial charge in [0.15, 0.2) is 8.32 Å². The van der Waals surface area contributed by atoms with Crippen LogP contribution in [0.1, 0.15) is 41.0 Å². The fourth-order valence-electron chi connectivity index (χ4n) is 1.58. The smallest absolute Gasteiger partial charge is 0.192 e. The number of allylic oxidation sites excluding steroid dienone is 1. The Bertz CT molecular complexity index is 278. The third-order valence-electron chi connectivity index (χ3n) is 3.74. The number of hydrogen-bond donors (Lipinski definition) is 1. The van der Waals surface area contributed by atoms with Crippen LogP contribution in [0.4, 0.5) is 0 Å². The van der Waals surface area contributed by atoms with E-state index in [2.05, 4.69) is 76.4 Å². The van der Waals surface area contributed by atoms with Gasteiger partial charge in [-0.05, 0) is 57.6 Å². The maximum absolute atomic E-state index is 9.23. The van der Waals surface area contributed by atoms with Gasteiger partial charge in [0.1, 0.15) is 0 Å². The molecule has 0 radical (unpaired) electrons. The number of hydrogen-bond acceptors (Lipinski definition) is 2. The molecule has 0 aliphatic heterocycles. The Morgan fingerprint density at radius 2 is 1.89 bits per heavy atom. The number of aliphatic hydroxyl groups is 1. The van der Waals surface area contributed by atoms with Gasteiger partial charge in [-0.3, -0.25) is 0 Å². The molecule has 0 aromatic carbocycles. The monoisotopic (exact) mass is 384 g/mol. The Balaban J connectivity index is 4.88. The van der Waals surface area contributed by atoms with Crippen LogP contribution < -0.4 is 0 Å². The van der Waals surface area contributed by atoms with Crippen LogP contribution in [0.2, 0.25) is 18.1 Å². The summed E-state index contributed by atoms with van der Waals surface area (Å²) in [4.78, 5) is 0. The van der Waals surface area contributed by atoms with Gasteiger partial charge < -0.3 is 9.53 Å². The van der Waals surface area contributed by atoms with E-state index in [0.29, 0.717) is 12.3 Å². The minimum Gasteiger partial charge on any atom is -0.413 e. The highest BCUT2D eigenvalue weighted by Crippen LogP contribution is 2.38. The average molecular weight is 384 g/mol. The van der Waals surface area contributed by atoms with Crippen LogP contribution in [0.3, 0.4) is 0 Å². The highest BCUT2D eigenvalue weighted by molar-refractivity contribution is 14.1. The van der Waals surface area contributed by atoms with Crippen LogP contribution in [0.25, 0.3) is 0 Å². The summed E-state index contributed by atoms with van der Waals surface area (Å²) < 4.78 is 7.72. The maximum atomic E-state index is 9.23. The number of aliphatic hydroxyl groups excluding tert-OH is 1. The van der Waals surface area contributed by atoms with Gasteiger partial charge in [0.05, 0.1) is 6.10 Å². The van der Waals surface area contributed by atoms with Crippen LogP contribution in [0, 0.1) is 5.92 Å². The van der Waals surface area contributed by atoms with Crippen LogP contribution in [-0.2, 0) is 4.43 Å². The zero-order chi connectivity index (χ0) is 14.6. The lowest BCUT2D eigenvalue weighted by molar-refractivity contribution is 0.111. The number of rotatable bonds is 6. The van der Waals surface area contributed by atoms with Gasteiger partial charge in [-0.25, -0.2) is 0 Å². The van der Waals surface area contributed by atoms with Crippen molar-refractivity contribution in [2.24, 2.45) is 5.92 Å². The first-order valence-electron chi connectivity index (χ1n) is 6.64. The van der Waals surface area contributed by atoms with Crippen LogP contribution in [0.15, 0.2) is 9.66 Å². The molecule has 0 aromatic heterocycles. The number of halogens is 1. The Labute approximate surface area is 127 Å². The molecule has 0 saturated carbocycles. The van der Waals surface area contributed by atoms with Gasteiger partial charge in [0.2, 0.25) is 0 Å². The molecule has 0 bridgehead atoms. The van der Waals surface area contributed by atoms with Gasteiger partial charge in [-0.1, -0.05) is 33.8 Å². The SMILES string of the molecule is C/C(I)=C\[C@H](C)[C@H](CCO)O[Si](C)(C)C(C)(C)C. The fraction of sp³-hybridized carbons (Fsp3) is 0.857. The van der Waals surface area contributed by atoms with Gasteiger partial charge in [-0.15, -0.1) is 0 Å². The Kier molecular flexibility index (Phi) is 7.66. The van der Waals surface area contributed by atoms with E-state index < -0.39 is 8.32 Å². The second-order valence-corrected chi connectivity index (χ2v) is 13.0. The van der Waals surface area contributed by atoms with Crippen molar-refractivity contribution in [3.8, 4) is 0 Å². The summed E-state index contributed by atoms with van der Waals surface area (Å²) in [7, 11) is -1.76. The molecule has 0 heterocycles. The zero-order valence-corrected chi connectivity index (χ0v) is 16.0. The van der Waals surface area contributed by atoms with E-state index in [1.807, 2.05) is 0 Å². The molecule has 0 aromatic rings. The summed E-state index contributed by atoms with van der Waals surface area (Å²) in [6, 6.07) is 0. The minimum absolute atomic E-state index is 0.126. The molecule has 0 saturated heterocycles. The third kappa shape index (κ3) is 6.17. The molecule has 0 fully saturated rings. The molecule has 108 valence electrons. The summed E-state index contributed by atoms with van der Waals surface area (Å²) in [5.74, 6) is 0.350. The van der Waals surface area contributed by atoms with E-state index in [1.165, 1.54) is 3.58 Å². The molecule has 0 amide bonds. The second-order valence-electron chi connectivity index (χ2n) is 6.54. The van der Waals surface area contributed by atoms with Crippen molar-refractivity contribution >= 4 is 30.9 Å². The first-order chi connectivity index (χ1) is 8.01. The molecule has 0 rings (SSSR count). The lowest BCUT2D eigenvalue weighted by Crippen LogP contribution is -2.45. The zero-order valence-electron chi connectivity index (χ0n) is 12.9. The molecule has 0 aliphatic carbocycles. The molecule has 2 atom stereocenters. The van der Waals surface area contributed by atoms with E-state index in [4.69, 9.17) is 4.43 Å². The molecule has 4 heteroatoms. The lowest BCUT2D eigenvalue weighted by Gasteiger charge is -2.40. The Hall–Kier alpha value is 0.607. The summed E-state index contributed by atoms with van der Waals surface area (Å²) in [5, 5.41) is 9.44. The minimum atomic E-state index is -1.76. The first kappa shape index (κ1) is 18.6. The largest absolute Gasteiger partial charge is 0.413 e. The summed E-state index contributed by atoms with van der Waals surface area (Å²) in [6.07, 6.45) is 3.07. The van der Waals surface area contributed by atoms with Crippen molar-refractivity contribution in [2.75, 3.05) is 6.61 Å². The van der Waals surface area contributed by atoms with E-state index >= 15 is 0 Å². The third-order valence-corrected chi connectivity index (χ3v) is 8.61. The predicted octanol–water partition coefficient (Wildman–Crippen LogP) is 4.73. The predicted molar refractivity (Wildman–Crippen MR) is 90.7 cm³/mol. The second kappa shape index (κ2) is 7.41. The summed E-state index contributed by atoms with van der Waals surface area (Å²) >= 11 is 2.33. The van der Waals surface area contributed by atoms with Gasteiger partial charge in [0.25, 0.3) is 0 Å². The van der Waals surface area contributed by atoms with Crippen LogP contribution >= 0.6 is 22.6 Å². The molecule has 2 nitrogen and oxygen atoms in total. The van der Waals surface area contributed by atoms with E-state index in [1.54, 1.807) is 0 Å². The standard InChI is InChI=1S/C14H29IO2Si/c1-11(10-12(2)15)13(8-9-16)17-18(6,7)14(3,4)5/h10-11,13,16H,8-9H2,1-7H3/b12-10+/t11-,13-/m0/s1. The van der Waals surface area contributed by atoms with E-state index in [-0.39, 0.29) is 17.7 Å². The molecule has 0 unspecified atom stereocenters. The Morgan fingerprint density at radius 3 is 2.22 bits per heavy atom. The highest BCUT2D eigenvalue weighted by Gasteiger charge is 2.39. The van der Waals surface area contributed by atoms with Crippen molar-refractivity contribution in [3.05, 3.63) is 9.66 Å². The topological polar surface area (TPSA) is 29.5 Å². The quantitative estimate of drug-likeness (QED) is 0.530. The van der Waals surface area contributed by atoms with Crippen LogP contribution in [-0.4, -0.2) is 26.1 Å². The highest BCUT2D eigenvalue weighted by atomic mass is 127. The van der Waals surface area contributed by atoms with E-state index in [0.717, 1.165) is 0 Å². The normalized spacial score (nSPS) is 17.7. The summed E-state index contributed by atoms with van der Waals surface area (Å²) in [6.45, 7) is 15.8. The van der Waals surface area contributed by atoms with Crippen molar-refractivity contribution in [2.45, 2.75) is 65.3 Å². The maximum Gasteiger partial charge on any atom is 0.192 e.